The van der Waals surface area contributed by atoms with E-state index in [1.165, 1.54) is 5.56 Å². The number of nitrogens with zero attached hydrogens (tertiary/aromatic N) is 2. The van der Waals surface area contributed by atoms with E-state index in [9.17, 15) is 4.79 Å². The third kappa shape index (κ3) is 6.11. The zero-order chi connectivity index (χ0) is 21.3. The quantitative estimate of drug-likeness (QED) is 0.273. The summed E-state index contributed by atoms with van der Waals surface area (Å²) < 4.78 is 0. The largest absolute Gasteiger partial charge is 0.293 e. The monoisotopic (exact) mass is 418 g/mol. The van der Waals surface area contributed by atoms with Crippen molar-refractivity contribution in [2.45, 2.75) is 46.0 Å². The molecule has 4 heteroatoms. The molecule has 0 bridgehead atoms. The minimum Gasteiger partial charge on any atom is -0.293 e. The van der Waals surface area contributed by atoms with Gasteiger partial charge in [0.15, 0.2) is 11.6 Å². The Morgan fingerprint density at radius 2 is 1.73 bits per heavy atom. The van der Waals surface area contributed by atoms with E-state index >= 15 is 0 Å². The second-order valence-electron chi connectivity index (χ2n) is 7.51. The Morgan fingerprint density at radius 1 is 1.00 bits per heavy atom. The Morgan fingerprint density at radius 3 is 2.47 bits per heavy atom. The summed E-state index contributed by atoms with van der Waals surface area (Å²) in [5.41, 5.74) is 4.66. The lowest BCUT2D eigenvalue weighted by Crippen LogP contribution is -2.09. The van der Waals surface area contributed by atoms with Gasteiger partial charge in [-0.1, -0.05) is 66.6 Å². The van der Waals surface area contributed by atoms with Crippen LogP contribution in [0.5, 0.6) is 0 Å². The standard InChI is InChI=1S/C26H27ClN2O/c1-19-17-22(23-14-9-10-15-24(23)27)18-28-26(19)29-20(2)25(30)16-8-4-7-13-21-11-5-3-6-12-21/h3,5-6,9-12,14-15,17-18H,4,7-8,13,16H2,1-2H3. The van der Waals surface area contributed by atoms with Crippen LogP contribution in [0.1, 0.15) is 43.7 Å². The molecule has 0 saturated carbocycles. The highest BCUT2D eigenvalue weighted by Crippen LogP contribution is 2.29. The summed E-state index contributed by atoms with van der Waals surface area (Å²) in [7, 11) is 0. The first kappa shape index (κ1) is 21.9. The van der Waals surface area contributed by atoms with Crippen LogP contribution < -0.4 is 0 Å². The fraction of sp³-hybridized carbons (Fsp3) is 0.269. The van der Waals surface area contributed by atoms with E-state index in [0.29, 0.717) is 23.0 Å². The molecule has 0 fully saturated rings. The minimum atomic E-state index is 0.0890. The summed E-state index contributed by atoms with van der Waals surface area (Å²) >= 11 is 6.28. The Bertz CT molecular complexity index is 1030. The molecule has 3 rings (SSSR count). The van der Waals surface area contributed by atoms with Crippen LogP contribution in [0.25, 0.3) is 11.1 Å². The highest BCUT2D eigenvalue weighted by Gasteiger charge is 2.10. The van der Waals surface area contributed by atoms with Gasteiger partial charge >= 0.3 is 0 Å². The third-order valence-corrected chi connectivity index (χ3v) is 5.45. The summed E-state index contributed by atoms with van der Waals surface area (Å²) in [6.07, 6.45) is 6.37. The van der Waals surface area contributed by atoms with Gasteiger partial charge in [-0.15, -0.1) is 0 Å². The van der Waals surface area contributed by atoms with Gasteiger partial charge in [-0.05, 0) is 56.4 Å². The number of carbonyl (C=O) groups excluding carboxylic acids is 1. The number of carbonyl (C=O) groups is 1. The molecular weight excluding hydrogens is 392 g/mol. The maximum atomic E-state index is 12.4. The number of aromatic nitrogens is 1. The number of halogens is 1. The molecule has 0 spiro atoms. The van der Waals surface area contributed by atoms with E-state index in [0.717, 1.165) is 42.4 Å². The number of aliphatic imine (C=N–C) groups is 1. The van der Waals surface area contributed by atoms with E-state index < -0.39 is 0 Å². The fourth-order valence-electron chi connectivity index (χ4n) is 3.37. The lowest BCUT2D eigenvalue weighted by Gasteiger charge is -2.07. The predicted molar refractivity (Wildman–Crippen MR) is 126 cm³/mol. The molecule has 0 saturated heterocycles. The molecule has 1 aromatic heterocycles. The molecule has 0 amide bonds. The average Bonchev–Trinajstić information content (AvgIpc) is 2.76. The zero-order valence-electron chi connectivity index (χ0n) is 17.6. The fourth-order valence-corrected chi connectivity index (χ4v) is 3.61. The summed E-state index contributed by atoms with van der Waals surface area (Å²) in [6, 6.07) is 20.1. The first-order valence-electron chi connectivity index (χ1n) is 10.4. The molecule has 0 aliphatic rings. The maximum absolute atomic E-state index is 12.4. The first-order chi connectivity index (χ1) is 14.5. The Hall–Kier alpha value is -2.78. The number of benzene rings is 2. The van der Waals surface area contributed by atoms with Crippen LogP contribution in [0.3, 0.4) is 0 Å². The molecular formula is C26H27ClN2O. The van der Waals surface area contributed by atoms with Crippen LogP contribution in [0.15, 0.2) is 71.9 Å². The highest BCUT2D eigenvalue weighted by atomic mass is 35.5. The third-order valence-electron chi connectivity index (χ3n) is 5.12. The highest BCUT2D eigenvalue weighted by molar-refractivity contribution is 6.39. The molecule has 0 unspecified atom stereocenters. The van der Waals surface area contributed by atoms with Crippen molar-refractivity contribution in [1.29, 1.82) is 0 Å². The number of pyridine rings is 1. The van der Waals surface area contributed by atoms with Gasteiger partial charge in [0.05, 0.1) is 5.71 Å². The van der Waals surface area contributed by atoms with E-state index in [4.69, 9.17) is 11.6 Å². The van der Waals surface area contributed by atoms with E-state index in [-0.39, 0.29) is 5.78 Å². The molecule has 2 aromatic carbocycles. The minimum absolute atomic E-state index is 0.0890. The summed E-state index contributed by atoms with van der Waals surface area (Å²) in [6.45, 7) is 3.73. The van der Waals surface area contributed by atoms with Crippen LogP contribution in [0, 0.1) is 6.92 Å². The Balaban J connectivity index is 1.54. The second-order valence-corrected chi connectivity index (χ2v) is 7.92. The van der Waals surface area contributed by atoms with Crippen LogP contribution in [0.2, 0.25) is 5.02 Å². The van der Waals surface area contributed by atoms with Crippen LogP contribution in [-0.4, -0.2) is 16.5 Å². The molecule has 0 radical (unpaired) electrons. The Labute approximate surface area is 183 Å². The summed E-state index contributed by atoms with van der Waals surface area (Å²) in [5, 5.41) is 0.688. The van der Waals surface area contributed by atoms with Crippen molar-refractivity contribution in [3.05, 3.63) is 83.0 Å². The van der Waals surface area contributed by atoms with E-state index in [2.05, 4.69) is 34.2 Å². The van der Waals surface area contributed by atoms with Gasteiger partial charge in [-0.25, -0.2) is 9.98 Å². The van der Waals surface area contributed by atoms with Gasteiger partial charge < -0.3 is 0 Å². The number of unbranched alkanes of at least 4 members (excludes halogenated alkanes) is 2. The molecule has 3 aromatic rings. The maximum Gasteiger partial charge on any atom is 0.176 e. The average molecular weight is 419 g/mol. The van der Waals surface area contributed by atoms with Gasteiger partial charge in [0.2, 0.25) is 0 Å². The van der Waals surface area contributed by atoms with Crippen molar-refractivity contribution in [2.24, 2.45) is 4.99 Å². The molecule has 0 atom stereocenters. The lowest BCUT2D eigenvalue weighted by atomic mass is 10.0. The molecule has 30 heavy (non-hydrogen) atoms. The van der Waals surface area contributed by atoms with Crippen molar-refractivity contribution < 1.29 is 4.79 Å². The van der Waals surface area contributed by atoms with E-state index in [1.807, 2.05) is 43.3 Å². The summed E-state index contributed by atoms with van der Waals surface area (Å²) in [4.78, 5) is 21.4. The van der Waals surface area contributed by atoms with Crippen molar-refractivity contribution in [3.63, 3.8) is 0 Å². The molecule has 0 aliphatic heterocycles. The van der Waals surface area contributed by atoms with Gasteiger partial charge in [-0.2, -0.15) is 0 Å². The summed E-state index contributed by atoms with van der Waals surface area (Å²) in [5.74, 6) is 0.673. The smallest absolute Gasteiger partial charge is 0.176 e. The number of hydrogen-bond donors (Lipinski definition) is 0. The van der Waals surface area contributed by atoms with Crippen molar-refractivity contribution in [3.8, 4) is 11.1 Å². The zero-order valence-corrected chi connectivity index (χ0v) is 18.3. The number of aryl methyl sites for hydroxylation is 2. The van der Waals surface area contributed by atoms with Gasteiger partial charge in [0.1, 0.15) is 0 Å². The molecule has 0 N–H and O–H groups in total. The SMILES string of the molecule is CC(=Nc1ncc(-c2ccccc2Cl)cc1C)C(=O)CCCCCc1ccccc1. The van der Waals surface area contributed by atoms with Crippen LogP contribution in [0.4, 0.5) is 5.82 Å². The van der Waals surface area contributed by atoms with Gasteiger partial charge in [0, 0.05) is 28.8 Å². The van der Waals surface area contributed by atoms with Crippen molar-refractivity contribution in [2.75, 3.05) is 0 Å². The Kier molecular flexibility index (Phi) is 7.92. The number of Topliss-reactive ketones (excluding diaryl/α,β-unsaturated/α-hetero) is 1. The van der Waals surface area contributed by atoms with Gasteiger partial charge in [0.25, 0.3) is 0 Å². The molecule has 3 nitrogen and oxygen atoms in total. The van der Waals surface area contributed by atoms with Crippen LogP contribution in [-0.2, 0) is 11.2 Å². The topological polar surface area (TPSA) is 42.3 Å². The van der Waals surface area contributed by atoms with Crippen LogP contribution >= 0.6 is 11.6 Å². The molecule has 1 heterocycles. The second kappa shape index (κ2) is 10.8. The van der Waals surface area contributed by atoms with Crippen molar-refractivity contribution >= 4 is 28.9 Å². The van der Waals surface area contributed by atoms with Gasteiger partial charge in [-0.3, -0.25) is 4.79 Å². The van der Waals surface area contributed by atoms with Crippen molar-refractivity contribution in [1.82, 2.24) is 4.98 Å². The number of rotatable bonds is 9. The normalized spacial score (nSPS) is 11.5. The molecule has 0 aliphatic carbocycles. The predicted octanol–water partition coefficient (Wildman–Crippen LogP) is 7.18. The number of ketones is 1. The molecule has 154 valence electrons. The van der Waals surface area contributed by atoms with E-state index in [1.54, 1.807) is 13.1 Å². The number of hydrogen-bond acceptors (Lipinski definition) is 3. The first-order valence-corrected chi connectivity index (χ1v) is 10.8. The lowest BCUT2D eigenvalue weighted by molar-refractivity contribution is -0.113.